The Hall–Kier alpha value is 0.1000. The first-order chi connectivity index (χ1) is 7.72. The number of aryl methyl sites for hydroxylation is 1. The highest BCUT2D eigenvalue weighted by molar-refractivity contribution is 9.10. The minimum Gasteiger partial charge on any atom is -0.376 e. The molecule has 2 rings (SSSR count). The number of ether oxygens (including phenoxy) is 1. The fourth-order valence-electron chi connectivity index (χ4n) is 2.19. The van der Waals surface area contributed by atoms with Crippen molar-refractivity contribution in [3.63, 3.8) is 0 Å². The van der Waals surface area contributed by atoms with Crippen LogP contribution in [0.1, 0.15) is 35.6 Å². The lowest BCUT2D eigenvalue weighted by Crippen LogP contribution is -2.31. The molecule has 1 N–H and O–H groups in total. The summed E-state index contributed by atoms with van der Waals surface area (Å²) in [6, 6.07) is 2.54. The van der Waals surface area contributed by atoms with E-state index in [9.17, 15) is 0 Å². The molecule has 2 unspecified atom stereocenters. The fraction of sp³-hybridized carbons (Fsp3) is 0.667. The summed E-state index contributed by atoms with van der Waals surface area (Å²) in [5.41, 5.74) is 0. The van der Waals surface area contributed by atoms with Crippen molar-refractivity contribution >= 4 is 27.3 Å². The summed E-state index contributed by atoms with van der Waals surface area (Å²) in [5.74, 6) is 0. The first-order valence-corrected chi connectivity index (χ1v) is 7.44. The minimum absolute atomic E-state index is 0.342. The molecule has 0 spiro atoms. The molecule has 1 fully saturated rings. The maximum Gasteiger partial charge on any atom is 0.0779 e. The quantitative estimate of drug-likeness (QED) is 0.917. The molecule has 0 radical (unpaired) electrons. The third-order valence-electron chi connectivity index (χ3n) is 2.88. The Kier molecular flexibility index (Phi) is 4.41. The van der Waals surface area contributed by atoms with E-state index in [1.54, 1.807) is 0 Å². The molecule has 16 heavy (non-hydrogen) atoms. The third-order valence-corrected chi connectivity index (χ3v) is 4.93. The van der Waals surface area contributed by atoms with Crippen LogP contribution >= 0.6 is 27.3 Å². The molecule has 0 bridgehead atoms. The van der Waals surface area contributed by atoms with Crippen molar-refractivity contribution in [3.05, 3.63) is 20.3 Å². The van der Waals surface area contributed by atoms with E-state index >= 15 is 0 Å². The third kappa shape index (κ3) is 2.67. The van der Waals surface area contributed by atoms with Crippen LogP contribution in [0.5, 0.6) is 0 Å². The van der Waals surface area contributed by atoms with Crippen LogP contribution in [0.15, 0.2) is 10.5 Å². The average Bonchev–Trinajstić information content (AvgIpc) is 2.85. The van der Waals surface area contributed by atoms with Crippen molar-refractivity contribution in [3.8, 4) is 0 Å². The lowest BCUT2D eigenvalue weighted by Gasteiger charge is -2.23. The zero-order valence-corrected chi connectivity index (χ0v) is 12.2. The average molecular weight is 304 g/mol. The van der Waals surface area contributed by atoms with E-state index < -0.39 is 0 Å². The first kappa shape index (κ1) is 12.6. The first-order valence-electron chi connectivity index (χ1n) is 5.83. The van der Waals surface area contributed by atoms with Crippen LogP contribution in [0.2, 0.25) is 0 Å². The van der Waals surface area contributed by atoms with Crippen LogP contribution in [0.4, 0.5) is 0 Å². The molecule has 2 nitrogen and oxygen atoms in total. The van der Waals surface area contributed by atoms with Crippen LogP contribution in [0.3, 0.4) is 0 Å². The predicted molar refractivity (Wildman–Crippen MR) is 72.1 cm³/mol. The van der Waals surface area contributed by atoms with E-state index in [1.165, 1.54) is 27.1 Å². The summed E-state index contributed by atoms with van der Waals surface area (Å²) in [4.78, 5) is 2.73. The molecule has 4 heteroatoms. The minimum atomic E-state index is 0.342. The summed E-state index contributed by atoms with van der Waals surface area (Å²) in [6.07, 6.45) is 2.70. The molecule has 1 aliphatic rings. The van der Waals surface area contributed by atoms with Gasteiger partial charge in [-0.2, -0.15) is 0 Å². The van der Waals surface area contributed by atoms with Crippen LogP contribution in [-0.4, -0.2) is 19.3 Å². The molecule has 1 aromatic rings. The highest BCUT2D eigenvalue weighted by atomic mass is 79.9. The van der Waals surface area contributed by atoms with Crippen molar-refractivity contribution in [1.29, 1.82) is 0 Å². The van der Waals surface area contributed by atoms with Gasteiger partial charge in [-0.25, -0.2) is 0 Å². The van der Waals surface area contributed by atoms with Gasteiger partial charge in [0.2, 0.25) is 0 Å². The second-order valence-electron chi connectivity index (χ2n) is 4.16. The molecule has 2 heterocycles. The van der Waals surface area contributed by atoms with Gasteiger partial charge >= 0.3 is 0 Å². The van der Waals surface area contributed by atoms with Gasteiger partial charge in [0, 0.05) is 20.8 Å². The maximum atomic E-state index is 5.81. The van der Waals surface area contributed by atoms with Gasteiger partial charge in [-0.05, 0) is 48.3 Å². The van der Waals surface area contributed by atoms with Gasteiger partial charge in [0.25, 0.3) is 0 Å². The Morgan fingerprint density at radius 1 is 1.69 bits per heavy atom. The Bertz CT molecular complexity index is 347. The Labute approximate surface area is 110 Å². The second kappa shape index (κ2) is 5.63. The Morgan fingerprint density at radius 2 is 2.50 bits per heavy atom. The maximum absolute atomic E-state index is 5.81. The van der Waals surface area contributed by atoms with Gasteiger partial charge in [-0.3, -0.25) is 0 Å². The molecule has 0 amide bonds. The zero-order valence-electron chi connectivity index (χ0n) is 9.75. The Balaban J connectivity index is 2.20. The predicted octanol–water partition coefficient (Wildman–Crippen LogP) is 3.65. The van der Waals surface area contributed by atoms with E-state index in [0.29, 0.717) is 12.1 Å². The van der Waals surface area contributed by atoms with Crippen LogP contribution < -0.4 is 5.32 Å². The second-order valence-corrected chi connectivity index (χ2v) is 6.30. The van der Waals surface area contributed by atoms with Gasteiger partial charge in [0.1, 0.15) is 0 Å². The van der Waals surface area contributed by atoms with Gasteiger partial charge in [-0.1, -0.05) is 6.92 Å². The topological polar surface area (TPSA) is 21.3 Å². The lowest BCUT2D eigenvalue weighted by atomic mass is 10.1. The van der Waals surface area contributed by atoms with E-state index in [0.717, 1.165) is 13.2 Å². The standard InChI is InChI=1S/C12H18BrNOS/c1-3-14-11(10-5-4-6-15-10)12-9(13)7-8(2)16-12/h7,10-11,14H,3-6H2,1-2H3. The highest BCUT2D eigenvalue weighted by Gasteiger charge is 2.29. The normalized spacial score (nSPS) is 22.6. The molecule has 0 saturated carbocycles. The molecule has 1 aliphatic heterocycles. The van der Waals surface area contributed by atoms with Crippen LogP contribution in [0.25, 0.3) is 0 Å². The van der Waals surface area contributed by atoms with E-state index in [1.807, 2.05) is 11.3 Å². The molecular formula is C12H18BrNOS. The molecule has 90 valence electrons. The fourth-order valence-corrected chi connectivity index (χ4v) is 4.22. The van der Waals surface area contributed by atoms with Crippen molar-refractivity contribution in [2.24, 2.45) is 0 Å². The molecule has 2 atom stereocenters. The number of rotatable bonds is 4. The summed E-state index contributed by atoms with van der Waals surface area (Å²) >= 11 is 5.51. The molecular weight excluding hydrogens is 286 g/mol. The van der Waals surface area contributed by atoms with Crippen molar-refractivity contribution in [2.45, 2.75) is 38.8 Å². The van der Waals surface area contributed by atoms with Crippen molar-refractivity contribution in [1.82, 2.24) is 5.32 Å². The zero-order chi connectivity index (χ0) is 11.5. The number of nitrogens with one attached hydrogen (secondary N) is 1. The van der Waals surface area contributed by atoms with Crippen LogP contribution in [0, 0.1) is 6.92 Å². The van der Waals surface area contributed by atoms with Gasteiger partial charge < -0.3 is 10.1 Å². The monoisotopic (exact) mass is 303 g/mol. The number of halogens is 1. The van der Waals surface area contributed by atoms with Crippen LogP contribution in [-0.2, 0) is 4.74 Å². The molecule has 1 saturated heterocycles. The molecule has 0 aliphatic carbocycles. The van der Waals surface area contributed by atoms with Crippen molar-refractivity contribution in [2.75, 3.05) is 13.2 Å². The summed E-state index contributed by atoms with van der Waals surface area (Å²) in [5, 5.41) is 3.55. The highest BCUT2D eigenvalue weighted by Crippen LogP contribution is 2.36. The van der Waals surface area contributed by atoms with E-state index in [-0.39, 0.29) is 0 Å². The van der Waals surface area contributed by atoms with Crippen molar-refractivity contribution < 1.29 is 4.74 Å². The summed E-state index contributed by atoms with van der Waals surface area (Å²) < 4.78 is 7.03. The largest absolute Gasteiger partial charge is 0.376 e. The van der Waals surface area contributed by atoms with Gasteiger partial charge in [0.15, 0.2) is 0 Å². The number of thiophene rings is 1. The molecule has 1 aromatic heterocycles. The SMILES string of the molecule is CCNC(c1sc(C)cc1Br)C1CCCO1. The number of hydrogen-bond donors (Lipinski definition) is 1. The molecule has 0 aromatic carbocycles. The number of hydrogen-bond acceptors (Lipinski definition) is 3. The van der Waals surface area contributed by atoms with Gasteiger partial charge in [-0.15, -0.1) is 11.3 Å². The number of likely N-dealkylation sites (N-methyl/N-ethyl adjacent to an activating group) is 1. The van der Waals surface area contributed by atoms with E-state index in [2.05, 4.69) is 41.2 Å². The lowest BCUT2D eigenvalue weighted by molar-refractivity contribution is 0.0797. The Morgan fingerprint density at radius 3 is 3.00 bits per heavy atom. The summed E-state index contributed by atoms with van der Waals surface area (Å²) in [6.45, 7) is 6.19. The van der Waals surface area contributed by atoms with E-state index in [4.69, 9.17) is 4.74 Å². The summed E-state index contributed by atoms with van der Waals surface area (Å²) in [7, 11) is 0. The smallest absolute Gasteiger partial charge is 0.0779 e. The van der Waals surface area contributed by atoms with Gasteiger partial charge in [0.05, 0.1) is 12.1 Å².